The molecule has 0 aromatic carbocycles. The third-order valence-corrected chi connectivity index (χ3v) is 5.31. The molecule has 0 bridgehead atoms. The number of nitrogens with zero attached hydrogens (tertiary/aromatic N) is 3. The van der Waals surface area contributed by atoms with Gasteiger partial charge in [-0.15, -0.1) is 11.8 Å². The number of esters is 1. The van der Waals surface area contributed by atoms with Crippen LogP contribution in [0.5, 0.6) is 0 Å². The molecule has 1 N–H and O–H groups in total. The lowest BCUT2D eigenvalue weighted by Gasteiger charge is -2.18. The number of ether oxygens (including phenoxy) is 1. The molecular formula is C18H20N4O5S. The Hall–Kier alpha value is -2.88. The Bertz CT molecular complexity index is 894. The van der Waals surface area contributed by atoms with Gasteiger partial charge in [-0.25, -0.2) is 14.6 Å². The molecule has 3 rings (SSSR count). The summed E-state index contributed by atoms with van der Waals surface area (Å²) >= 11 is 1.35. The number of aryl methyl sites for hydroxylation is 2. The molecule has 0 aliphatic carbocycles. The molecule has 1 saturated heterocycles. The minimum absolute atomic E-state index is 0.254. The minimum atomic E-state index is -1.09. The normalized spacial score (nSPS) is 14.7. The summed E-state index contributed by atoms with van der Waals surface area (Å²) in [6, 6.07) is 2.73. The van der Waals surface area contributed by atoms with Crippen LogP contribution < -0.4 is 5.32 Å². The Balaban J connectivity index is 1.68. The van der Waals surface area contributed by atoms with E-state index >= 15 is 0 Å². The van der Waals surface area contributed by atoms with Crippen molar-refractivity contribution in [2.75, 3.05) is 13.1 Å². The number of hydrogen-bond donors (Lipinski definition) is 1. The van der Waals surface area contributed by atoms with Gasteiger partial charge in [0.15, 0.2) is 6.10 Å². The van der Waals surface area contributed by atoms with Crippen LogP contribution in [0.15, 0.2) is 27.9 Å². The zero-order valence-corrected chi connectivity index (χ0v) is 16.5. The molecule has 3 heterocycles. The fraction of sp³-hybridized carbons (Fsp3) is 0.389. The molecule has 1 fully saturated rings. The van der Waals surface area contributed by atoms with Crippen molar-refractivity contribution in [3.8, 4) is 0 Å². The van der Waals surface area contributed by atoms with E-state index in [2.05, 4.69) is 15.5 Å². The Labute approximate surface area is 165 Å². The summed E-state index contributed by atoms with van der Waals surface area (Å²) < 4.78 is 10.4. The number of nitrogens with one attached hydrogen (secondary N) is 1. The van der Waals surface area contributed by atoms with Crippen molar-refractivity contribution in [3.63, 3.8) is 0 Å². The lowest BCUT2D eigenvalue weighted by Crippen LogP contribution is -2.41. The number of carbonyl (C=O) groups is 3. The topological polar surface area (TPSA) is 115 Å². The number of rotatable bonds is 6. The van der Waals surface area contributed by atoms with E-state index in [-0.39, 0.29) is 12.1 Å². The highest BCUT2D eigenvalue weighted by Crippen LogP contribution is 2.27. The van der Waals surface area contributed by atoms with Gasteiger partial charge in [0, 0.05) is 30.6 Å². The maximum absolute atomic E-state index is 12.6. The molecular weight excluding hydrogens is 384 g/mol. The molecule has 148 valence electrons. The minimum Gasteiger partial charge on any atom is -0.449 e. The van der Waals surface area contributed by atoms with Crippen LogP contribution in [-0.4, -0.2) is 52.1 Å². The van der Waals surface area contributed by atoms with Crippen LogP contribution in [0.4, 0.5) is 4.79 Å². The standard InChI is InChI=1S/C18H20N4O5S/c1-10-14(11(2)27-21-10)9-28-15-13(5-4-6-19-15)17(24)26-12(3)16(23)22-8-7-20-18(22)25/h4-6,12H,7-9H2,1-3H3,(H,20,25)/t12-/m0/s1. The molecule has 1 aliphatic heterocycles. The van der Waals surface area contributed by atoms with Crippen LogP contribution in [0, 0.1) is 13.8 Å². The van der Waals surface area contributed by atoms with Gasteiger partial charge in [-0.2, -0.15) is 0 Å². The quantitative estimate of drug-likeness (QED) is 0.575. The second-order valence-electron chi connectivity index (χ2n) is 6.22. The van der Waals surface area contributed by atoms with E-state index in [1.165, 1.54) is 18.7 Å². The smallest absolute Gasteiger partial charge is 0.341 e. The van der Waals surface area contributed by atoms with Crippen LogP contribution in [0.3, 0.4) is 0 Å². The average molecular weight is 404 g/mol. The summed E-state index contributed by atoms with van der Waals surface area (Å²) in [5.41, 5.74) is 1.98. The van der Waals surface area contributed by atoms with Crippen molar-refractivity contribution < 1.29 is 23.6 Å². The van der Waals surface area contributed by atoms with Crippen molar-refractivity contribution in [2.24, 2.45) is 0 Å². The first-order valence-corrected chi connectivity index (χ1v) is 9.66. The number of aromatic nitrogens is 2. The molecule has 0 unspecified atom stereocenters. The van der Waals surface area contributed by atoms with Gasteiger partial charge in [-0.3, -0.25) is 9.69 Å². The van der Waals surface area contributed by atoms with Crippen LogP contribution in [0.1, 0.15) is 34.3 Å². The first-order valence-electron chi connectivity index (χ1n) is 8.68. The van der Waals surface area contributed by atoms with Gasteiger partial charge >= 0.3 is 12.0 Å². The Morgan fingerprint density at radius 3 is 2.86 bits per heavy atom. The van der Waals surface area contributed by atoms with Crippen molar-refractivity contribution >= 4 is 29.7 Å². The van der Waals surface area contributed by atoms with E-state index in [1.807, 2.05) is 13.8 Å². The molecule has 0 spiro atoms. The van der Waals surface area contributed by atoms with Crippen LogP contribution in [0.25, 0.3) is 0 Å². The second kappa shape index (κ2) is 8.42. The molecule has 1 atom stereocenters. The lowest BCUT2D eigenvalue weighted by atomic mass is 10.2. The van der Waals surface area contributed by atoms with E-state index in [4.69, 9.17) is 9.26 Å². The predicted octanol–water partition coefficient (Wildman–Crippen LogP) is 2.08. The summed E-state index contributed by atoms with van der Waals surface area (Å²) in [4.78, 5) is 41.8. The summed E-state index contributed by atoms with van der Waals surface area (Å²) in [5, 5.41) is 6.93. The van der Waals surface area contributed by atoms with E-state index in [1.54, 1.807) is 18.3 Å². The van der Waals surface area contributed by atoms with Gasteiger partial charge in [0.1, 0.15) is 10.8 Å². The first kappa shape index (κ1) is 19.9. The van der Waals surface area contributed by atoms with Crippen LogP contribution in [-0.2, 0) is 15.3 Å². The average Bonchev–Trinajstić information content (AvgIpc) is 3.25. The van der Waals surface area contributed by atoms with E-state index < -0.39 is 24.0 Å². The Morgan fingerprint density at radius 1 is 1.43 bits per heavy atom. The fourth-order valence-electron chi connectivity index (χ4n) is 2.69. The molecule has 1 aliphatic rings. The monoisotopic (exact) mass is 404 g/mol. The highest BCUT2D eigenvalue weighted by Gasteiger charge is 2.32. The molecule has 28 heavy (non-hydrogen) atoms. The maximum Gasteiger partial charge on any atom is 0.341 e. The van der Waals surface area contributed by atoms with Gasteiger partial charge in [-0.05, 0) is 32.9 Å². The van der Waals surface area contributed by atoms with Crippen molar-refractivity contribution in [2.45, 2.75) is 37.7 Å². The number of carbonyl (C=O) groups excluding carboxylic acids is 3. The number of pyridine rings is 1. The Morgan fingerprint density at radius 2 is 2.21 bits per heavy atom. The number of thioether (sulfide) groups is 1. The van der Waals surface area contributed by atoms with E-state index in [9.17, 15) is 14.4 Å². The van der Waals surface area contributed by atoms with Gasteiger partial charge in [-0.1, -0.05) is 5.16 Å². The molecule has 2 aromatic rings. The molecule has 0 saturated carbocycles. The fourth-order valence-corrected chi connectivity index (χ4v) is 3.82. The predicted molar refractivity (Wildman–Crippen MR) is 99.8 cm³/mol. The molecule has 3 amide bonds. The first-order chi connectivity index (χ1) is 13.4. The number of imide groups is 1. The van der Waals surface area contributed by atoms with Crippen LogP contribution >= 0.6 is 11.8 Å². The SMILES string of the molecule is Cc1noc(C)c1CSc1ncccc1C(=O)O[C@@H](C)C(=O)N1CCNC1=O. The molecule has 9 nitrogen and oxygen atoms in total. The van der Waals surface area contributed by atoms with E-state index in [0.29, 0.717) is 23.1 Å². The van der Waals surface area contributed by atoms with Crippen LogP contribution in [0.2, 0.25) is 0 Å². The summed E-state index contributed by atoms with van der Waals surface area (Å²) in [7, 11) is 0. The third kappa shape index (κ3) is 4.16. The number of hydrogen-bond acceptors (Lipinski definition) is 8. The second-order valence-corrected chi connectivity index (χ2v) is 7.18. The van der Waals surface area contributed by atoms with Crippen molar-refractivity contribution in [1.29, 1.82) is 0 Å². The number of urea groups is 1. The molecule has 10 heteroatoms. The largest absolute Gasteiger partial charge is 0.449 e. The van der Waals surface area contributed by atoms with Crippen molar-refractivity contribution in [1.82, 2.24) is 20.4 Å². The molecule has 0 radical (unpaired) electrons. The maximum atomic E-state index is 12.6. The highest BCUT2D eigenvalue weighted by molar-refractivity contribution is 7.98. The Kier molecular flexibility index (Phi) is 5.98. The van der Waals surface area contributed by atoms with Gasteiger partial charge in [0.05, 0.1) is 11.3 Å². The summed E-state index contributed by atoms with van der Waals surface area (Å²) in [6.07, 6.45) is 0.493. The summed E-state index contributed by atoms with van der Waals surface area (Å²) in [6.45, 7) is 5.76. The number of amides is 3. The third-order valence-electron chi connectivity index (χ3n) is 4.28. The highest BCUT2D eigenvalue weighted by atomic mass is 32.2. The molecule has 2 aromatic heterocycles. The lowest BCUT2D eigenvalue weighted by molar-refractivity contribution is -0.136. The van der Waals surface area contributed by atoms with Gasteiger partial charge in [0.25, 0.3) is 5.91 Å². The summed E-state index contributed by atoms with van der Waals surface area (Å²) in [5.74, 6) is 0.0149. The zero-order valence-electron chi connectivity index (χ0n) is 15.7. The van der Waals surface area contributed by atoms with E-state index in [0.717, 1.165) is 16.2 Å². The van der Waals surface area contributed by atoms with Gasteiger partial charge < -0.3 is 14.6 Å². The zero-order chi connectivity index (χ0) is 20.3. The van der Waals surface area contributed by atoms with Gasteiger partial charge in [0.2, 0.25) is 0 Å². The van der Waals surface area contributed by atoms with Crippen molar-refractivity contribution in [3.05, 3.63) is 40.9 Å².